The van der Waals surface area contributed by atoms with E-state index in [2.05, 4.69) is 17.0 Å². The van der Waals surface area contributed by atoms with Crippen LogP contribution in [0.5, 0.6) is 0 Å². The third-order valence-corrected chi connectivity index (χ3v) is 1.51. The van der Waals surface area contributed by atoms with Crippen LogP contribution in [0.3, 0.4) is 0 Å². The van der Waals surface area contributed by atoms with Crippen molar-refractivity contribution in [2.75, 3.05) is 13.7 Å². The van der Waals surface area contributed by atoms with Crippen LogP contribution in [0.2, 0.25) is 0 Å². The molecule has 0 N–H and O–H groups in total. The monoisotopic (exact) mass is 173 g/mol. The molecule has 0 heterocycles. The van der Waals surface area contributed by atoms with Crippen molar-refractivity contribution >= 4 is 8.25 Å². The summed E-state index contributed by atoms with van der Waals surface area (Å²) >= 11 is 0. The molecule has 0 saturated heterocycles. The minimum absolute atomic E-state index is 0.188. The summed E-state index contributed by atoms with van der Waals surface area (Å²) in [5.74, 6) is 2.39. The fraction of sp³-hybridized carbons (Fsp3) is 0.429. The summed E-state index contributed by atoms with van der Waals surface area (Å²) in [4.78, 5) is 0. The van der Waals surface area contributed by atoms with Crippen LogP contribution in [0.4, 0.5) is 0 Å². The molecule has 1 unspecified atom stereocenters. The third kappa shape index (κ3) is 5.75. The average Bonchev–Trinajstić information content (AvgIpc) is 2.01. The van der Waals surface area contributed by atoms with E-state index in [1.54, 1.807) is 0 Å². The van der Waals surface area contributed by atoms with E-state index < -0.39 is 8.25 Å². The largest absolute Gasteiger partial charge is 0.697 e. The first-order valence-electron chi connectivity index (χ1n) is 2.95. The summed E-state index contributed by atoms with van der Waals surface area (Å²) in [7, 11) is -0.693. The minimum atomic E-state index is -2.00. The Morgan fingerprint density at radius 1 is 1.82 bits per heavy atom. The molecule has 11 heavy (non-hydrogen) atoms. The first-order chi connectivity index (χ1) is 5.20. The van der Waals surface area contributed by atoms with Gasteiger partial charge in [-0.1, -0.05) is 6.58 Å². The smallest absolute Gasteiger partial charge is 0.122 e. The lowest BCUT2D eigenvalue weighted by Crippen LogP contribution is -1.90. The Labute approximate surface area is 67.3 Å². The van der Waals surface area contributed by atoms with Gasteiger partial charge in [0.1, 0.15) is 6.61 Å². The lowest BCUT2D eigenvalue weighted by molar-refractivity contribution is 0.274. The predicted molar refractivity (Wildman–Crippen MR) is 43.2 cm³/mol. The van der Waals surface area contributed by atoms with Crippen molar-refractivity contribution in [1.82, 2.24) is 0 Å². The molecule has 0 saturated carbocycles. The van der Waals surface area contributed by atoms with E-state index in [0.717, 1.165) is 0 Å². The average molecular weight is 173 g/mol. The fourth-order valence-electron chi connectivity index (χ4n) is 0.392. The maximum atomic E-state index is 10.5. The van der Waals surface area contributed by atoms with Gasteiger partial charge in [-0.05, 0) is 5.57 Å². The summed E-state index contributed by atoms with van der Waals surface area (Å²) in [6.45, 7) is 3.79. The number of terminal acetylenes is 1. The lowest BCUT2D eigenvalue weighted by Gasteiger charge is -1.91. The molecule has 0 aromatic heterocycles. The topological polar surface area (TPSA) is 35.5 Å². The van der Waals surface area contributed by atoms with Crippen LogP contribution in [-0.2, 0) is 13.6 Å². The van der Waals surface area contributed by atoms with Crippen molar-refractivity contribution in [3.8, 4) is 12.3 Å². The Hall–Kier alpha value is -0.680. The summed E-state index contributed by atoms with van der Waals surface area (Å²) in [6, 6.07) is 0. The lowest BCUT2D eigenvalue weighted by atomic mass is 10.2. The van der Waals surface area contributed by atoms with Crippen molar-refractivity contribution < 1.29 is 13.6 Å². The molecule has 60 valence electrons. The van der Waals surface area contributed by atoms with Gasteiger partial charge in [-0.3, -0.25) is 0 Å². The summed E-state index contributed by atoms with van der Waals surface area (Å²) in [6.07, 6.45) is 5.44. The molecule has 0 aliphatic heterocycles. The summed E-state index contributed by atoms with van der Waals surface area (Å²) in [5.41, 5.74) is 0.716. The Kier molecular flexibility index (Phi) is 5.68. The standard InChI is InChI=1S/C7H10O3P/c1-4-5-7(2)6-10-11(8)9-3/h1H,2,5-6H2,3H3/q+1. The fourth-order valence-corrected chi connectivity index (χ4v) is 0.785. The van der Waals surface area contributed by atoms with Crippen molar-refractivity contribution in [3.05, 3.63) is 12.2 Å². The molecule has 0 amide bonds. The highest BCUT2D eigenvalue weighted by molar-refractivity contribution is 7.33. The van der Waals surface area contributed by atoms with Crippen molar-refractivity contribution in [2.45, 2.75) is 6.42 Å². The zero-order valence-electron chi connectivity index (χ0n) is 6.37. The van der Waals surface area contributed by atoms with Crippen LogP contribution in [0.1, 0.15) is 6.42 Å². The SMILES string of the molecule is C#CCC(=C)CO[P+](=O)OC. The van der Waals surface area contributed by atoms with Crippen molar-refractivity contribution in [3.63, 3.8) is 0 Å². The van der Waals surface area contributed by atoms with Gasteiger partial charge >= 0.3 is 8.25 Å². The van der Waals surface area contributed by atoms with E-state index in [1.165, 1.54) is 7.11 Å². The second-order valence-electron chi connectivity index (χ2n) is 1.81. The molecule has 0 spiro atoms. The maximum absolute atomic E-state index is 10.5. The Balaban J connectivity index is 3.47. The van der Waals surface area contributed by atoms with Crippen LogP contribution in [-0.4, -0.2) is 13.7 Å². The molecule has 0 aromatic rings. The Morgan fingerprint density at radius 3 is 2.91 bits per heavy atom. The van der Waals surface area contributed by atoms with Gasteiger partial charge < -0.3 is 0 Å². The van der Waals surface area contributed by atoms with E-state index in [9.17, 15) is 4.57 Å². The Morgan fingerprint density at radius 2 is 2.45 bits per heavy atom. The molecule has 0 bridgehead atoms. The quantitative estimate of drug-likeness (QED) is 0.361. The van der Waals surface area contributed by atoms with Crippen LogP contribution in [0.25, 0.3) is 0 Å². The van der Waals surface area contributed by atoms with E-state index in [1.807, 2.05) is 0 Å². The first-order valence-corrected chi connectivity index (χ1v) is 4.04. The molecule has 3 nitrogen and oxygen atoms in total. The maximum Gasteiger partial charge on any atom is 0.697 e. The van der Waals surface area contributed by atoms with Gasteiger partial charge in [-0.15, -0.1) is 21.4 Å². The number of hydrogen-bond donors (Lipinski definition) is 0. The molecule has 0 aliphatic rings. The summed E-state index contributed by atoms with van der Waals surface area (Å²) in [5, 5.41) is 0. The molecular weight excluding hydrogens is 163 g/mol. The molecule has 0 fully saturated rings. The third-order valence-electron chi connectivity index (χ3n) is 0.875. The van der Waals surface area contributed by atoms with Gasteiger partial charge in [-0.25, -0.2) is 0 Å². The van der Waals surface area contributed by atoms with E-state index in [0.29, 0.717) is 12.0 Å². The highest BCUT2D eigenvalue weighted by Crippen LogP contribution is 2.22. The molecule has 0 rings (SSSR count). The molecule has 4 heteroatoms. The zero-order valence-corrected chi connectivity index (χ0v) is 7.27. The molecule has 0 radical (unpaired) electrons. The number of hydrogen-bond acceptors (Lipinski definition) is 3. The van der Waals surface area contributed by atoms with Crippen molar-refractivity contribution in [1.29, 1.82) is 0 Å². The van der Waals surface area contributed by atoms with Gasteiger partial charge in [-0.2, -0.15) is 0 Å². The van der Waals surface area contributed by atoms with Crippen LogP contribution in [0.15, 0.2) is 12.2 Å². The van der Waals surface area contributed by atoms with Gasteiger partial charge in [0, 0.05) is 11.0 Å². The Bertz CT molecular complexity index is 192. The first kappa shape index (κ1) is 10.3. The highest BCUT2D eigenvalue weighted by atomic mass is 31.1. The van der Waals surface area contributed by atoms with Gasteiger partial charge in [0.05, 0.1) is 7.11 Å². The second kappa shape index (κ2) is 6.06. The molecule has 0 aromatic carbocycles. The summed E-state index contributed by atoms with van der Waals surface area (Å²) < 4.78 is 19.6. The predicted octanol–water partition coefficient (Wildman–Crippen LogP) is 1.89. The molecule has 0 aliphatic carbocycles. The number of rotatable bonds is 5. The van der Waals surface area contributed by atoms with E-state index in [-0.39, 0.29) is 6.61 Å². The van der Waals surface area contributed by atoms with E-state index >= 15 is 0 Å². The van der Waals surface area contributed by atoms with E-state index in [4.69, 9.17) is 10.9 Å². The molecule has 1 atom stereocenters. The molecular formula is C7H10O3P+. The van der Waals surface area contributed by atoms with Crippen LogP contribution in [0, 0.1) is 12.3 Å². The highest BCUT2D eigenvalue weighted by Gasteiger charge is 2.16. The second-order valence-corrected chi connectivity index (χ2v) is 2.88. The van der Waals surface area contributed by atoms with Crippen LogP contribution < -0.4 is 0 Å². The zero-order chi connectivity index (χ0) is 8.69. The van der Waals surface area contributed by atoms with Gasteiger partial charge in [0.15, 0.2) is 0 Å². The minimum Gasteiger partial charge on any atom is -0.122 e. The van der Waals surface area contributed by atoms with Gasteiger partial charge in [0.25, 0.3) is 0 Å². The van der Waals surface area contributed by atoms with Crippen LogP contribution >= 0.6 is 8.25 Å². The van der Waals surface area contributed by atoms with Gasteiger partial charge in [0.2, 0.25) is 0 Å². The normalized spacial score (nSPS) is 10.4. The van der Waals surface area contributed by atoms with Crippen molar-refractivity contribution in [2.24, 2.45) is 0 Å².